The maximum Gasteiger partial charge on any atom is 0.412 e. The summed E-state index contributed by atoms with van der Waals surface area (Å²) in [5.74, 6) is -0.232. The molecule has 1 amide bonds. The lowest BCUT2D eigenvalue weighted by molar-refractivity contribution is -0.142. The van der Waals surface area contributed by atoms with Gasteiger partial charge in [-0.2, -0.15) is 0 Å². The molecule has 40 heavy (non-hydrogen) atoms. The van der Waals surface area contributed by atoms with Crippen molar-refractivity contribution < 1.29 is 19.1 Å². The second-order valence-electron chi connectivity index (χ2n) is 9.37. The van der Waals surface area contributed by atoms with Crippen LogP contribution in [0.25, 0.3) is 33.3 Å². The normalized spacial score (nSPS) is 11.7. The number of hydrogen-bond donors (Lipinski definition) is 2. The van der Waals surface area contributed by atoms with Crippen molar-refractivity contribution in [1.82, 2.24) is 4.98 Å². The van der Waals surface area contributed by atoms with Crippen LogP contribution in [-0.2, 0) is 20.7 Å². The van der Waals surface area contributed by atoms with E-state index in [1.54, 1.807) is 19.9 Å². The Bertz CT molecular complexity index is 1640. The van der Waals surface area contributed by atoms with Crippen LogP contribution in [0.3, 0.4) is 0 Å². The van der Waals surface area contributed by atoms with Crippen LogP contribution < -0.4 is 5.32 Å². The second kappa shape index (κ2) is 12.1. The summed E-state index contributed by atoms with van der Waals surface area (Å²) in [6, 6.07) is 31.0. The monoisotopic (exact) mass is 552 g/mol. The summed E-state index contributed by atoms with van der Waals surface area (Å²) in [5, 5.41) is 4.38. The van der Waals surface area contributed by atoms with Gasteiger partial charge in [-0.25, -0.2) is 4.79 Å². The number of amides is 1. The van der Waals surface area contributed by atoms with Crippen LogP contribution in [0, 0.1) is 0 Å². The van der Waals surface area contributed by atoms with E-state index in [1.807, 2.05) is 91.0 Å². The first kappa shape index (κ1) is 27.0. The average molecular weight is 553 g/mol. The highest BCUT2D eigenvalue weighted by Gasteiger charge is 2.19. The summed E-state index contributed by atoms with van der Waals surface area (Å²) in [6.45, 7) is 3.97. The highest BCUT2D eigenvalue weighted by molar-refractivity contribution is 6.31. The molecule has 0 unspecified atom stereocenters. The van der Waals surface area contributed by atoms with Crippen LogP contribution in [0.4, 0.5) is 10.5 Å². The largest absolute Gasteiger partial charge is 0.466 e. The van der Waals surface area contributed by atoms with Crippen molar-refractivity contribution in [3.63, 3.8) is 0 Å². The van der Waals surface area contributed by atoms with Crippen molar-refractivity contribution in [2.45, 2.75) is 26.4 Å². The lowest BCUT2D eigenvalue weighted by Crippen LogP contribution is -2.16. The molecule has 0 aliphatic rings. The predicted molar refractivity (Wildman–Crippen MR) is 159 cm³/mol. The van der Waals surface area contributed by atoms with Gasteiger partial charge in [-0.3, -0.25) is 10.1 Å². The Morgan fingerprint density at radius 3 is 2.17 bits per heavy atom. The number of aromatic nitrogens is 1. The molecular weight excluding hydrogens is 524 g/mol. The van der Waals surface area contributed by atoms with E-state index in [-0.39, 0.29) is 12.4 Å². The molecule has 1 aromatic heterocycles. The van der Waals surface area contributed by atoms with Gasteiger partial charge in [-0.1, -0.05) is 96.5 Å². The van der Waals surface area contributed by atoms with Crippen LogP contribution in [0.5, 0.6) is 0 Å². The molecule has 5 aromatic rings. The van der Waals surface area contributed by atoms with E-state index in [1.165, 1.54) is 0 Å². The first-order chi connectivity index (χ1) is 19.4. The number of para-hydroxylation sites is 1. The molecule has 1 heterocycles. The number of carbonyl (C=O) groups excluding carboxylic acids is 2. The summed E-state index contributed by atoms with van der Waals surface area (Å²) >= 11 is 6.29. The van der Waals surface area contributed by atoms with Gasteiger partial charge in [0, 0.05) is 27.1 Å². The SMILES string of the molecule is CCOC(=O)Cc1ccc(-c2ccc(-c3[nH]c4ccccc4c3NC(=O)O[C@H](C)c3ccccc3Cl)cc2)cc1. The number of fused-ring (bicyclic) bond motifs is 1. The van der Waals surface area contributed by atoms with Crippen LogP contribution in [-0.4, -0.2) is 23.7 Å². The molecule has 0 saturated carbocycles. The molecule has 4 aromatic carbocycles. The summed E-state index contributed by atoms with van der Waals surface area (Å²) in [5.41, 5.74) is 6.94. The zero-order valence-electron chi connectivity index (χ0n) is 22.2. The molecule has 202 valence electrons. The molecule has 0 saturated heterocycles. The Morgan fingerprint density at radius 2 is 1.48 bits per heavy atom. The van der Waals surface area contributed by atoms with E-state index < -0.39 is 12.2 Å². The molecule has 0 radical (unpaired) electrons. The molecule has 0 bridgehead atoms. The number of ether oxygens (including phenoxy) is 2. The minimum Gasteiger partial charge on any atom is -0.466 e. The highest BCUT2D eigenvalue weighted by Crippen LogP contribution is 2.36. The van der Waals surface area contributed by atoms with Crippen molar-refractivity contribution in [1.29, 1.82) is 0 Å². The fraction of sp³-hybridized carbons (Fsp3) is 0.152. The van der Waals surface area contributed by atoms with Gasteiger partial charge >= 0.3 is 12.1 Å². The molecule has 0 fully saturated rings. The molecule has 0 spiro atoms. The van der Waals surface area contributed by atoms with Gasteiger partial charge in [0.2, 0.25) is 0 Å². The lowest BCUT2D eigenvalue weighted by Gasteiger charge is -2.16. The fourth-order valence-electron chi connectivity index (χ4n) is 4.67. The molecular formula is C33H29ClN2O4. The predicted octanol–water partition coefficient (Wildman–Crippen LogP) is 8.57. The number of H-pyrrole nitrogens is 1. The molecule has 0 aliphatic carbocycles. The summed E-state index contributed by atoms with van der Waals surface area (Å²) in [4.78, 5) is 28.2. The first-order valence-corrected chi connectivity index (χ1v) is 13.5. The number of hydrogen-bond acceptors (Lipinski definition) is 4. The highest BCUT2D eigenvalue weighted by atomic mass is 35.5. The van der Waals surface area contributed by atoms with E-state index >= 15 is 0 Å². The Hall–Kier alpha value is -4.55. The van der Waals surface area contributed by atoms with Gasteiger partial charge < -0.3 is 14.5 Å². The molecule has 7 heteroatoms. The third kappa shape index (κ3) is 6.03. The number of halogens is 1. The van der Waals surface area contributed by atoms with Crippen LogP contribution >= 0.6 is 11.6 Å². The smallest absolute Gasteiger partial charge is 0.412 e. The number of aromatic amines is 1. The summed E-state index contributed by atoms with van der Waals surface area (Å²) in [7, 11) is 0. The molecule has 6 nitrogen and oxygen atoms in total. The maximum absolute atomic E-state index is 13.0. The number of carbonyl (C=O) groups is 2. The van der Waals surface area contributed by atoms with Crippen molar-refractivity contribution in [2.75, 3.05) is 11.9 Å². The number of esters is 1. The van der Waals surface area contributed by atoms with Crippen LogP contribution in [0.1, 0.15) is 31.1 Å². The summed E-state index contributed by atoms with van der Waals surface area (Å²) in [6.07, 6.45) is -0.841. The van der Waals surface area contributed by atoms with Gasteiger partial charge in [0.05, 0.1) is 24.4 Å². The van der Waals surface area contributed by atoms with Crippen molar-refractivity contribution in [3.8, 4) is 22.4 Å². The quantitative estimate of drug-likeness (QED) is 0.189. The number of anilines is 1. The minimum atomic E-state index is -0.571. The molecule has 5 rings (SSSR count). The first-order valence-electron chi connectivity index (χ1n) is 13.1. The Morgan fingerprint density at radius 1 is 0.850 bits per heavy atom. The van der Waals surface area contributed by atoms with Gasteiger partial charge in [0.1, 0.15) is 6.10 Å². The lowest BCUT2D eigenvalue weighted by atomic mass is 10.0. The average Bonchev–Trinajstić information content (AvgIpc) is 3.32. The van der Waals surface area contributed by atoms with Crippen molar-refractivity contribution in [3.05, 3.63) is 113 Å². The molecule has 0 aliphatic heterocycles. The Kier molecular flexibility index (Phi) is 8.18. The van der Waals surface area contributed by atoms with E-state index in [9.17, 15) is 9.59 Å². The van der Waals surface area contributed by atoms with Gasteiger partial charge in [-0.15, -0.1) is 0 Å². The van der Waals surface area contributed by atoms with E-state index in [0.717, 1.165) is 44.4 Å². The second-order valence-corrected chi connectivity index (χ2v) is 9.78. The third-order valence-electron chi connectivity index (χ3n) is 6.67. The summed E-state index contributed by atoms with van der Waals surface area (Å²) < 4.78 is 10.7. The van der Waals surface area contributed by atoms with Gasteiger partial charge in [-0.05, 0) is 42.7 Å². The number of rotatable bonds is 8. The van der Waals surface area contributed by atoms with E-state index in [2.05, 4.69) is 10.3 Å². The van der Waals surface area contributed by atoms with Crippen LogP contribution in [0.2, 0.25) is 5.02 Å². The van der Waals surface area contributed by atoms with E-state index in [4.69, 9.17) is 21.1 Å². The number of nitrogens with one attached hydrogen (secondary N) is 2. The zero-order valence-corrected chi connectivity index (χ0v) is 23.0. The van der Waals surface area contributed by atoms with Crippen molar-refractivity contribution in [2.24, 2.45) is 0 Å². The van der Waals surface area contributed by atoms with Crippen LogP contribution in [0.15, 0.2) is 97.1 Å². The molecule has 1 atom stereocenters. The Labute approximate surface area is 237 Å². The van der Waals surface area contributed by atoms with Gasteiger partial charge in [0.25, 0.3) is 0 Å². The maximum atomic E-state index is 13.0. The van der Waals surface area contributed by atoms with Gasteiger partial charge in [0.15, 0.2) is 0 Å². The third-order valence-corrected chi connectivity index (χ3v) is 7.02. The standard InChI is InChI=1S/C33H29ClN2O4/c1-3-39-30(37)20-22-12-14-23(15-13-22)24-16-18-25(19-17-24)31-32(27-9-5-7-11-29(27)35-31)36-33(38)40-21(2)26-8-4-6-10-28(26)34/h4-19,21,35H,3,20H2,1-2H3,(H,36,38)/t21-/m1/s1. The minimum absolute atomic E-state index is 0.232. The fourth-order valence-corrected chi connectivity index (χ4v) is 4.96. The topological polar surface area (TPSA) is 80.4 Å². The molecule has 2 N–H and O–H groups in total. The number of benzene rings is 4. The van der Waals surface area contributed by atoms with E-state index in [0.29, 0.717) is 17.3 Å². The Balaban J connectivity index is 1.37. The zero-order chi connectivity index (χ0) is 28.1. The van der Waals surface area contributed by atoms with Crippen molar-refractivity contribution >= 4 is 40.3 Å².